The van der Waals surface area contributed by atoms with Gasteiger partial charge in [-0.15, -0.1) is 0 Å². The Kier molecular flexibility index (Phi) is 5.79. The predicted octanol–water partition coefficient (Wildman–Crippen LogP) is 3.56. The highest BCUT2D eigenvalue weighted by molar-refractivity contribution is 5.59. The summed E-state index contributed by atoms with van der Waals surface area (Å²) in [6, 6.07) is 17.1. The number of nitrogens with zero attached hydrogens (tertiary/aromatic N) is 7. The number of rotatable bonds is 5. The molecule has 0 spiro atoms. The summed E-state index contributed by atoms with van der Waals surface area (Å²) in [5.41, 5.74) is 1.83. The van der Waals surface area contributed by atoms with E-state index in [9.17, 15) is 10.1 Å². The number of methoxy groups -OCH3 is 1. The van der Waals surface area contributed by atoms with Gasteiger partial charge in [-0.25, -0.2) is 14.3 Å². The van der Waals surface area contributed by atoms with Crippen molar-refractivity contribution in [3.63, 3.8) is 0 Å². The standard InChI is InChI=1S/C25H23N7O2/c1-34-21-17-31(22-11-5-6-15-30(22)25-18(16-26)8-7-13-27-25)29-23(24(21)33)20-12-14-28-32(20)19-9-3-2-4-10-19/h2-4,7-10,12-14,17,22H,5-6,11,15H2,1H3. The number of para-hydroxylation sites is 1. The van der Waals surface area contributed by atoms with Crippen molar-refractivity contribution in [2.45, 2.75) is 25.4 Å². The highest BCUT2D eigenvalue weighted by Crippen LogP contribution is 2.32. The number of aromatic nitrogens is 5. The molecule has 0 radical (unpaired) electrons. The van der Waals surface area contributed by atoms with Crippen LogP contribution in [0.2, 0.25) is 0 Å². The Morgan fingerprint density at radius 1 is 1.09 bits per heavy atom. The van der Waals surface area contributed by atoms with Crippen LogP contribution in [0.5, 0.6) is 5.75 Å². The van der Waals surface area contributed by atoms with Crippen molar-refractivity contribution in [3.8, 4) is 28.9 Å². The maximum Gasteiger partial charge on any atom is 0.251 e. The zero-order valence-corrected chi connectivity index (χ0v) is 18.7. The smallest absolute Gasteiger partial charge is 0.251 e. The highest BCUT2D eigenvalue weighted by atomic mass is 16.5. The van der Waals surface area contributed by atoms with E-state index in [-0.39, 0.29) is 23.0 Å². The summed E-state index contributed by atoms with van der Waals surface area (Å²) in [5, 5.41) is 18.8. The molecule has 1 aliphatic rings. The Balaban J connectivity index is 1.64. The van der Waals surface area contributed by atoms with Crippen molar-refractivity contribution in [2.75, 3.05) is 18.6 Å². The molecule has 1 aliphatic heterocycles. The van der Waals surface area contributed by atoms with Gasteiger partial charge in [-0.1, -0.05) is 18.2 Å². The van der Waals surface area contributed by atoms with Gasteiger partial charge >= 0.3 is 0 Å². The number of pyridine rings is 1. The third-order valence-corrected chi connectivity index (χ3v) is 5.97. The van der Waals surface area contributed by atoms with Gasteiger partial charge in [0.15, 0.2) is 11.4 Å². The zero-order chi connectivity index (χ0) is 23.5. The van der Waals surface area contributed by atoms with Crippen molar-refractivity contribution in [2.24, 2.45) is 0 Å². The van der Waals surface area contributed by atoms with Gasteiger partial charge in [0.1, 0.15) is 18.1 Å². The maximum atomic E-state index is 13.3. The molecule has 1 aromatic carbocycles. The van der Waals surface area contributed by atoms with Crippen LogP contribution in [0.15, 0.2) is 71.9 Å². The maximum absolute atomic E-state index is 13.3. The molecule has 9 nitrogen and oxygen atoms in total. The Hall–Kier alpha value is -4.45. The van der Waals surface area contributed by atoms with Gasteiger partial charge in [0.05, 0.1) is 36.4 Å². The van der Waals surface area contributed by atoms with Crippen LogP contribution in [-0.2, 0) is 0 Å². The fraction of sp³-hybridized carbons (Fsp3) is 0.240. The van der Waals surface area contributed by atoms with Crippen molar-refractivity contribution in [1.29, 1.82) is 5.26 Å². The minimum absolute atomic E-state index is 0.192. The van der Waals surface area contributed by atoms with E-state index in [4.69, 9.17) is 9.84 Å². The second-order valence-corrected chi connectivity index (χ2v) is 7.98. The van der Waals surface area contributed by atoms with Crippen LogP contribution in [0.25, 0.3) is 17.1 Å². The lowest BCUT2D eigenvalue weighted by atomic mass is 10.1. The molecule has 0 aliphatic carbocycles. The lowest BCUT2D eigenvalue weighted by Gasteiger charge is -2.37. The third-order valence-electron chi connectivity index (χ3n) is 5.97. The molecule has 170 valence electrons. The first-order valence-corrected chi connectivity index (χ1v) is 11.1. The Bertz CT molecular complexity index is 1400. The largest absolute Gasteiger partial charge is 0.491 e. The molecular weight excluding hydrogens is 430 g/mol. The Morgan fingerprint density at radius 3 is 2.74 bits per heavy atom. The summed E-state index contributed by atoms with van der Waals surface area (Å²) < 4.78 is 8.91. The van der Waals surface area contributed by atoms with Gasteiger partial charge in [-0.3, -0.25) is 4.79 Å². The van der Waals surface area contributed by atoms with E-state index in [1.54, 1.807) is 46.2 Å². The van der Waals surface area contributed by atoms with E-state index >= 15 is 0 Å². The van der Waals surface area contributed by atoms with Crippen molar-refractivity contribution in [3.05, 3.63) is 82.9 Å². The first kappa shape index (κ1) is 21.4. The van der Waals surface area contributed by atoms with E-state index in [0.717, 1.165) is 31.5 Å². The van der Waals surface area contributed by atoms with Crippen LogP contribution in [0.3, 0.4) is 0 Å². The van der Waals surface area contributed by atoms with E-state index in [1.165, 1.54) is 7.11 Å². The Labute approximate surface area is 196 Å². The minimum atomic E-state index is -0.311. The molecule has 0 bridgehead atoms. The van der Waals surface area contributed by atoms with E-state index in [2.05, 4.69) is 21.1 Å². The number of anilines is 1. The van der Waals surface area contributed by atoms with Crippen LogP contribution < -0.4 is 15.1 Å². The van der Waals surface area contributed by atoms with Crippen LogP contribution in [0, 0.1) is 11.3 Å². The van der Waals surface area contributed by atoms with Crippen molar-refractivity contribution < 1.29 is 4.74 Å². The lowest BCUT2D eigenvalue weighted by Crippen LogP contribution is -2.39. The number of hydrogen-bond donors (Lipinski definition) is 0. The van der Waals surface area contributed by atoms with Crippen LogP contribution >= 0.6 is 0 Å². The molecule has 3 aromatic heterocycles. The molecule has 34 heavy (non-hydrogen) atoms. The second-order valence-electron chi connectivity index (χ2n) is 7.98. The summed E-state index contributed by atoms with van der Waals surface area (Å²) in [4.78, 5) is 19.8. The number of ether oxygens (including phenoxy) is 1. The molecule has 4 heterocycles. The predicted molar refractivity (Wildman–Crippen MR) is 127 cm³/mol. The molecule has 1 fully saturated rings. The minimum Gasteiger partial charge on any atom is -0.491 e. The monoisotopic (exact) mass is 453 g/mol. The highest BCUT2D eigenvalue weighted by Gasteiger charge is 2.29. The van der Waals surface area contributed by atoms with E-state index in [1.807, 2.05) is 30.3 Å². The summed E-state index contributed by atoms with van der Waals surface area (Å²) >= 11 is 0. The fourth-order valence-electron chi connectivity index (χ4n) is 4.36. The molecule has 9 heteroatoms. The van der Waals surface area contributed by atoms with Crippen LogP contribution in [0.1, 0.15) is 31.0 Å². The summed E-state index contributed by atoms with van der Waals surface area (Å²) in [6.45, 7) is 0.726. The second kappa shape index (κ2) is 9.19. The molecule has 5 rings (SSSR count). The zero-order valence-electron chi connectivity index (χ0n) is 18.7. The van der Waals surface area contributed by atoms with E-state index in [0.29, 0.717) is 17.1 Å². The topological polar surface area (TPSA) is 102 Å². The quantitative estimate of drug-likeness (QED) is 0.455. The van der Waals surface area contributed by atoms with Gasteiger partial charge in [-0.05, 0) is 49.6 Å². The average Bonchev–Trinajstić information content (AvgIpc) is 3.39. The van der Waals surface area contributed by atoms with Gasteiger partial charge in [0.25, 0.3) is 5.43 Å². The number of nitriles is 1. The summed E-state index contributed by atoms with van der Waals surface area (Å²) in [7, 11) is 1.48. The first-order chi connectivity index (χ1) is 16.7. The SMILES string of the molecule is COc1cn(C2CCCCN2c2ncccc2C#N)nc(-c2ccnn2-c2ccccc2)c1=O. The molecule has 0 saturated carbocycles. The Morgan fingerprint density at radius 2 is 1.94 bits per heavy atom. The molecule has 1 unspecified atom stereocenters. The third kappa shape index (κ3) is 3.79. The molecule has 4 aromatic rings. The number of hydrogen-bond acceptors (Lipinski definition) is 7. The van der Waals surface area contributed by atoms with Crippen molar-refractivity contribution in [1.82, 2.24) is 24.5 Å². The first-order valence-electron chi connectivity index (χ1n) is 11.1. The van der Waals surface area contributed by atoms with Crippen LogP contribution in [0.4, 0.5) is 5.82 Å². The molecule has 0 N–H and O–H groups in total. The molecule has 1 atom stereocenters. The van der Waals surface area contributed by atoms with Crippen molar-refractivity contribution >= 4 is 5.82 Å². The lowest BCUT2D eigenvalue weighted by molar-refractivity contribution is 0.331. The van der Waals surface area contributed by atoms with Gasteiger partial charge in [0, 0.05) is 12.7 Å². The molecular formula is C25H23N7O2. The normalized spacial score (nSPS) is 15.6. The number of benzene rings is 1. The fourth-order valence-corrected chi connectivity index (χ4v) is 4.36. The average molecular weight is 454 g/mol. The summed E-state index contributed by atoms with van der Waals surface area (Å²) in [5.74, 6) is 0.808. The van der Waals surface area contributed by atoms with Crippen LogP contribution in [-0.4, -0.2) is 38.2 Å². The van der Waals surface area contributed by atoms with Gasteiger partial charge in [-0.2, -0.15) is 15.5 Å². The number of piperidine rings is 1. The summed E-state index contributed by atoms with van der Waals surface area (Å²) in [6.07, 6.45) is 7.49. The molecule has 1 saturated heterocycles. The van der Waals surface area contributed by atoms with Gasteiger partial charge < -0.3 is 9.64 Å². The van der Waals surface area contributed by atoms with Gasteiger partial charge in [0.2, 0.25) is 0 Å². The van der Waals surface area contributed by atoms with E-state index < -0.39 is 0 Å². The molecule has 0 amide bonds.